The first-order chi connectivity index (χ1) is 11.2. The Morgan fingerprint density at radius 1 is 1.26 bits per heavy atom. The summed E-state index contributed by atoms with van der Waals surface area (Å²) in [6.07, 6.45) is 2.15. The minimum atomic E-state index is -0.0422. The van der Waals surface area contributed by atoms with Crippen molar-refractivity contribution in [3.63, 3.8) is 0 Å². The van der Waals surface area contributed by atoms with Crippen molar-refractivity contribution in [2.45, 2.75) is 12.8 Å². The van der Waals surface area contributed by atoms with E-state index in [0.29, 0.717) is 23.2 Å². The third kappa shape index (κ3) is 2.96. The maximum absolute atomic E-state index is 12.2. The zero-order chi connectivity index (χ0) is 16.2. The van der Waals surface area contributed by atoms with Crippen molar-refractivity contribution in [1.82, 2.24) is 14.6 Å². The Kier molecular flexibility index (Phi) is 4.13. The molecule has 0 atom stereocenters. The normalized spacial score (nSPS) is 10.6. The number of nitrogens with zero attached hydrogens (tertiary/aromatic N) is 4. The number of rotatable bonds is 5. The molecule has 0 fully saturated rings. The van der Waals surface area contributed by atoms with Crippen LogP contribution in [0.3, 0.4) is 0 Å². The van der Waals surface area contributed by atoms with Crippen molar-refractivity contribution >= 4 is 11.4 Å². The number of hydrogen-bond donors (Lipinski definition) is 1. The van der Waals surface area contributed by atoms with E-state index in [2.05, 4.69) is 16.2 Å². The summed E-state index contributed by atoms with van der Waals surface area (Å²) in [7, 11) is 0. The minimum Gasteiger partial charge on any atom is -0.396 e. The molecular formula is C17H14N4O2. The van der Waals surface area contributed by atoms with Crippen LogP contribution in [0, 0.1) is 11.3 Å². The Morgan fingerprint density at radius 2 is 2.04 bits per heavy atom. The molecule has 6 heteroatoms. The van der Waals surface area contributed by atoms with E-state index in [0.717, 1.165) is 11.3 Å². The van der Waals surface area contributed by atoms with E-state index in [4.69, 9.17) is 10.4 Å². The molecule has 1 aromatic carbocycles. The summed E-state index contributed by atoms with van der Waals surface area (Å²) >= 11 is 0. The molecule has 0 saturated carbocycles. The van der Waals surface area contributed by atoms with E-state index in [9.17, 15) is 4.79 Å². The molecular weight excluding hydrogens is 292 g/mol. The number of aromatic nitrogens is 3. The van der Waals surface area contributed by atoms with Crippen molar-refractivity contribution in [3.05, 3.63) is 53.9 Å². The SMILES string of the molecule is N#Cc1ccc(-c2cc(C(=O)CCCO)cc3ncnn23)cc1. The van der Waals surface area contributed by atoms with Crippen LogP contribution in [0.15, 0.2) is 42.7 Å². The molecule has 0 radical (unpaired) electrons. The van der Waals surface area contributed by atoms with Gasteiger partial charge in [-0.3, -0.25) is 4.79 Å². The molecule has 1 N–H and O–H groups in total. The fourth-order valence-corrected chi connectivity index (χ4v) is 2.39. The third-order valence-electron chi connectivity index (χ3n) is 3.57. The first kappa shape index (κ1) is 14.9. The smallest absolute Gasteiger partial charge is 0.163 e. The molecule has 3 aromatic rings. The highest BCUT2D eigenvalue weighted by Crippen LogP contribution is 2.23. The van der Waals surface area contributed by atoms with Crippen LogP contribution in [0.2, 0.25) is 0 Å². The number of aliphatic hydroxyl groups is 1. The number of carbonyl (C=O) groups excluding carboxylic acids is 1. The summed E-state index contributed by atoms with van der Waals surface area (Å²) in [4.78, 5) is 16.4. The second-order valence-electron chi connectivity index (χ2n) is 5.10. The molecule has 0 aliphatic rings. The number of nitriles is 1. The highest BCUT2D eigenvalue weighted by atomic mass is 16.3. The number of Topliss-reactive ketones (excluding diaryl/α,β-unsaturated/α-hetero) is 1. The first-order valence-corrected chi connectivity index (χ1v) is 7.21. The molecule has 114 valence electrons. The topological polar surface area (TPSA) is 91.3 Å². The number of ketones is 1. The summed E-state index contributed by atoms with van der Waals surface area (Å²) in [6, 6.07) is 12.6. The van der Waals surface area contributed by atoms with Gasteiger partial charge in [0, 0.05) is 24.2 Å². The molecule has 0 unspecified atom stereocenters. The van der Waals surface area contributed by atoms with Crippen LogP contribution in [-0.2, 0) is 0 Å². The number of hydrogen-bond acceptors (Lipinski definition) is 5. The van der Waals surface area contributed by atoms with Gasteiger partial charge in [-0.15, -0.1) is 0 Å². The van der Waals surface area contributed by atoms with E-state index < -0.39 is 0 Å². The summed E-state index contributed by atoms with van der Waals surface area (Å²) in [6.45, 7) is -0.0125. The van der Waals surface area contributed by atoms with Gasteiger partial charge >= 0.3 is 0 Å². The van der Waals surface area contributed by atoms with Gasteiger partial charge in [0.15, 0.2) is 11.4 Å². The molecule has 0 saturated heterocycles. The Balaban J connectivity index is 2.09. The second kappa shape index (κ2) is 6.38. The van der Waals surface area contributed by atoms with Crippen molar-refractivity contribution in [1.29, 1.82) is 5.26 Å². The number of carbonyl (C=O) groups is 1. The van der Waals surface area contributed by atoms with E-state index >= 15 is 0 Å². The Bertz CT molecular complexity index is 891. The summed E-state index contributed by atoms with van der Waals surface area (Å²) < 4.78 is 1.66. The quantitative estimate of drug-likeness (QED) is 0.730. The zero-order valence-corrected chi connectivity index (χ0v) is 12.3. The van der Waals surface area contributed by atoms with Gasteiger partial charge in [-0.2, -0.15) is 10.4 Å². The molecule has 2 heterocycles. The maximum Gasteiger partial charge on any atom is 0.163 e. The van der Waals surface area contributed by atoms with Gasteiger partial charge < -0.3 is 5.11 Å². The standard InChI is InChI=1S/C17H14N4O2/c18-10-12-3-5-13(6-4-12)15-8-14(16(23)2-1-7-22)9-17-19-11-20-21(15)17/h3-6,8-9,11,22H,1-2,7H2. The molecule has 0 bridgehead atoms. The van der Waals surface area contributed by atoms with E-state index in [1.807, 2.05) is 12.1 Å². The van der Waals surface area contributed by atoms with Crippen LogP contribution in [0.4, 0.5) is 0 Å². The van der Waals surface area contributed by atoms with E-state index in [-0.39, 0.29) is 18.8 Å². The predicted octanol–water partition coefficient (Wildman–Crippen LogP) is 2.22. The van der Waals surface area contributed by atoms with Crippen LogP contribution >= 0.6 is 0 Å². The van der Waals surface area contributed by atoms with Crippen LogP contribution in [0.1, 0.15) is 28.8 Å². The number of benzene rings is 1. The lowest BCUT2D eigenvalue weighted by Crippen LogP contribution is -2.04. The lowest BCUT2D eigenvalue weighted by molar-refractivity contribution is 0.0971. The summed E-state index contributed by atoms with van der Waals surface area (Å²) in [5.74, 6) is -0.0422. The number of pyridine rings is 1. The van der Waals surface area contributed by atoms with Crippen LogP contribution in [0.5, 0.6) is 0 Å². The van der Waals surface area contributed by atoms with E-state index in [1.165, 1.54) is 6.33 Å². The predicted molar refractivity (Wildman–Crippen MR) is 83.8 cm³/mol. The van der Waals surface area contributed by atoms with Crippen molar-refractivity contribution in [3.8, 4) is 17.3 Å². The molecule has 0 aliphatic heterocycles. The van der Waals surface area contributed by atoms with Crippen LogP contribution in [0.25, 0.3) is 16.9 Å². The summed E-state index contributed by atoms with van der Waals surface area (Å²) in [5, 5.41) is 22.0. The maximum atomic E-state index is 12.2. The molecule has 0 aliphatic carbocycles. The second-order valence-corrected chi connectivity index (χ2v) is 5.10. The molecule has 0 amide bonds. The van der Waals surface area contributed by atoms with Gasteiger partial charge in [0.2, 0.25) is 0 Å². The summed E-state index contributed by atoms with van der Waals surface area (Å²) in [5.41, 5.74) is 3.27. The monoisotopic (exact) mass is 306 g/mol. The Hall–Kier alpha value is -3.04. The Morgan fingerprint density at radius 3 is 2.74 bits per heavy atom. The van der Waals surface area contributed by atoms with Crippen molar-refractivity contribution in [2.24, 2.45) is 0 Å². The number of fused-ring (bicyclic) bond motifs is 1. The molecule has 3 rings (SSSR count). The average molecular weight is 306 g/mol. The third-order valence-corrected chi connectivity index (χ3v) is 3.57. The fourth-order valence-electron chi connectivity index (χ4n) is 2.39. The van der Waals surface area contributed by atoms with Gasteiger partial charge in [-0.1, -0.05) is 12.1 Å². The Labute approximate surface area is 132 Å². The minimum absolute atomic E-state index is 0.0125. The fraction of sp³-hybridized carbons (Fsp3) is 0.176. The van der Waals surface area contributed by atoms with Gasteiger partial charge in [0.1, 0.15) is 6.33 Å². The van der Waals surface area contributed by atoms with Crippen LogP contribution in [-0.4, -0.2) is 32.1 Å². The molecule has 0 spiro atoms. The highest BCUT2D eigenvalue weighted by Gasteiger charge is 2.13. The van der Waals surface area contributed by atoms with Crippen LogP contribution < -0.4 is 0 Å². The highest BCUT2D eigenvalue weighted by molar-refractivity contribution is 5.98. The molecule has 23 heavy (non-hydrogen) atoms. The van der Waals surface area contributed by atoms with Crippen molar-refractivity contribution < 1.29 is 9.90 Å². The van der Waals surface area contributed by atoms with E-state index in [1.54, 1.807) is 28.8 Å². The van der Waals surface area contributed by atoms with Gasteiger partial charge in [-0.05, 0) is 30.7 Å². The number of aliphatic hydroxyl groups excluding tert-OH is 1. The average Bonchev–Trinajstić information content (AvgIpc) is 3.07. The van der Waals surface area contributed by atoms with Gasteiger partial charge in [0.25, 0.3) is 0 Å². The molecule has 2 aromatic heterocycles. The van der Waals surface area contributed by atoms with Gasteiger partial charge in [0.05, 0.1) is 17.3 Å². The van der Waals surface area contributed by atoms with Crippen molar-refractivity contribution in [2.75, 3.05) is 6.61 Å². The first-order valence-electron chi connectivity index (χ1n) is 7.21. The largest absolute Gasteiger partial charge is 0.396 e. The molecule has 6 nitrogen and oxygen atoms in total. The lowest BCUT2D eigenvalue weighted by Gasteiger charge is -2.08. The zero-order valence-electron chi connectivity index (χ0n) is 12.3. The lowest BCUT2D eigenvalue weighted by atomic mass is 10.0. The van der Waals surface area contributed by atoms with Gasteiger partial charge in [-0.25, -0.2) is 9.50 Å².